The molecule has 1 aliphatic rings. The first kappa shape index (κ1) is 17.7. The molecule has 4 amide bonds. The van der Waals surface area contributed by atoms with Gasteiger partial charge in [0.05, 0.1) is 0 Å². The number of imide groups is 1. The first-order valence-corrected chi connectivity index (χ1v) is 8.53. The van der Waals surface area contributed by atoms with Crippen molar-refractivity contribution in [3.8, 4) is 0 Å². The smallest absolute Gasteiger partial charge is 0.324 e. The van der Waals surface area contributed by atoms with Gasteiger partial charge in [-0.25, -0.2) is 4.79 Å². The number of benzene rings is 2. The number of hydrogen-bond donors (Lipinski definition) is 2. The molecule has 0 spiro atoms. The van der Waals surface area contributed by atoms with Gasteiger partial charge in [0.1, 0.15) is 12.1 Å². The van der Waals surface area contributed by atoms with E-state index in [0.717, 1.165) is 16.9 Å². The zero-order chi connectivity index (χ0) is 18.7. The van der Waals surface area contributed by atoms with E-state index in [-0.39, 0.29) is 6.54 Å². The Morgan fingerprint density at radius 2 is 1.73 bits per heavy atom. The summed E-state index contributed by atoms with van der Waals surface area (Å²) in [7, 11) is 0. The summed E-state index contributed by atoms with van der Waals surface area (Å²) in [4.78, 5) is 38.5. The maximum absolute atomic E-state index is 12.8. The van der Waals surface area contributed by atoms with E-state index >= 15 is 0 Å². The molecule has 2 aromatic rings. The molecule has 134 valence electrons. The fourth-order valence-electron chi connectivity index (χ4n) is 3.09. The van der Waals surface area contributed by atoms with E-state index in [2.05, 4.69) is 10.6 Å². The summed E-state index contributed by atoms with van der Waals surface area (Å²) in [6.07, 6.45) is 0.770. The zero-order valence-corrected chi connectivity index (χ0v) is 14.8. The molecular weight excluding hydrogens is 330 g/mol. The molecule has 6 heteroatoms. The van der Waals surface area contributed by atoms with Crippen LogP contribution in [0.25, 0.3) is 0 Å². The van der Waals surface area contributed by atoms with Crippen molar-refractivity contribution in [1.29, 1.82) is 0 Å². The third kappa shape index (κ3) is 3.18. The average molecular weight is 351 g/mol. The predicted molar refractivity (Wildman–Crippen MR) is 98.5 cm³/mol. The van der Waals surface area contributed by atoms with Gasteiger partial charge >= 0.3 is 6.03 Å². The molecule has 2 N–H and O–H groups in total. The van der Waals surface area contributed by atoms with Gasteiger partial charge in [-0.05, 0) is 30.5 Å². The third-order valence-corrected chi connectivity index (χ3v) is 4.60. The topological polar surface area (TPSA) is 78.5 Å². The molecule has 1 saturated heterocycles. The maximum Gasteiger partial charge on any atom is 0.325 e. The number of amides is 4. The molecular formula is C20H21N3O3. The molecule has 1 atom stereocenters. The van der Waals surface area contributed by atoms with Crippen LogP contribution in [-0.4, -0.2) is 29.3 Å². The lowest BCUT2D eigenvalue weighted by molar-refractivity contribution is -0.133. The summed E-state index contributed by atoms with van der Waals surface area (Å²) in [6.45, 7) is 3.31. The van der Waals surface area contributed by atoms with Crippen LogP contribution < -0.4 is 10.6 Å². The Bertz CT molecular complexity index is 850. The highest BCUT2D eigenvalue weighted by Gasteiger charge is 2.49. The summed E-state index contributed by atoms with van der Waals surface area (Å²) >= 11 is 0. The molecule has 26 heavy (non-hydrogen) atoms. The lowest BCUT2D eigenvalue weighted by Gasteiger charge is -2.22. The Morgan fingerprint density at radius 3 is 2.42 bits per heavy atom. The van der Waals surface area contributed by atoms with E-state index in [1.54, 1.807) is 37.3 Å². The summed E-state index contributed by atoms with van der Waals surface area (Å²) in [5.74, 6) is -0.848. The molecule has 1 heterocycles. The number of anilines is 1. The first-order chi connectivity index (χ1) is 12.5. The largest absolute Gasteiger partial charge is 0.325 e. The minimum Gasteiger partial charge on any atom is -0.324 e. The molecule has 6 nitrogen and oxygen atoms in total. The molecule has 0 aliphatic carbocycles. The van der Waals surface area contributed by atoms with Gasteiger partial charge in [0.15, 0.2) is 0 Å². The number of carbonyl (C=O) groups is 3. The van der Waals surface area contributed by atoms with E-state index < -0.39 is 23.4 Å². The molecule has 0 radical (unpaired) electrons. The molecule has 0 unspecified atom stereocenters. The van der Waals surface area contributed by atoms with Crippen LogP contribution in [0.4, 0.5) is 10.5 Å². The van der Waals surface area contributed by atoms with E-state index in [0.29, 0.717) is 11.3 Å². The van der Waals surface area contributed by atoms with Crippen LogP contribution in [0.3, 0.4) is 0 Å². The first-order valence-electron chi connectivity index (χ1n) is 8.53. The van der Waals surface area contributed by atoms with Crippen molar-refractivity contribution in [1.82, 2.24) is 10.2 Å². The van der Waals surface area contributed by atoms with Crippen molar-refractivity contribution < 1.29 is 14.4 Å². The SMILES string of the molecule is CCc1ccccc1NC(=O)CN1C(=O)N[C@@](C)(c2ccccc2)C1=O. The van der Waals surface area contributed by atoms with Gasteiger partial charge in [-0.15, -0.1) is 0 Å². The van der Waals surface area contributed by atoms with Crippen LogP contribution in [0, 0.1) is 0 Å². The van der Waals surface area contributed by atoms with Gasteiger partial charge in [0, 0.05) is 5.69 Å². The second-order valence-electron chi connectivity index (χ2n) is 6.37. The monoisotopic (exact) mass is 351 g/mol. The lowest BCUT2D eigenvalue weighted by Crippen LogP contribution is -2.42. The van der Waals surface area contributed by atoms with Gasteiger partial charge in [0.25, 0.3) is 5.91 Å². The highest BCUT2D eigenvalue weighted by Crippen LogP contribution is 2.28. The second-order valence-corrected chi connectivity index (χ2v) is 6.37. The number of hydrogen-bond acceptors (Lipinski definition) is 3. The molecule has 0 aromatic heterocycles. The van der Waals surface area contributed by atoms with Crippen LogP contribution in [0.15, 0.2) is 54.6 Å². The van der Waals surface area contributed by atoms with Gasteiger partial charge in [-0.3, -0.25) is 14.5 Å². The van der Waals surface area contributed by atoms with E-state index in [1.807, 2.05) is 31.2 Å². The maximum atomic E-state index is 12.8. The summed E-state index contributed by atoms with van der Waals surface area (Å²) < 4.78 is 0. The second kappa shape index (κ2) is 7.00. The van der Waals surface area contributed by atoms with Crippen molar-refractivity contribution in [2.24, 2.45) is 0 Å². The summed E-state index contributed by atoms with van der Waals surface area (Å²) in [5, 5.41) is 5.48. The van der Waals surface area contributed by atoms with Crippen molar-refractivity contribution in [2.75, 3.05) is 11.9 Å². The van der Waals surface area contributed by atoms with Gasteiger partial charge < -0.3 is 10.6 Å². The van der Waals surface area contributed by atoms with E-state index in [4.69, 9.17) is 0 Å². The highest BCUT2D eigenvalue weighted by molar-refractivity contribution is 6.10. The molecule has 1 fully saturated rings. The van der Waals surface area contributed by atoms with Crippen LogP contribution >= 0.6 is 0 Å². The number of urea groups is 1. The van der Waals surface area contributed by atoms with Crippen molar-refractivity contribution >= 4 is 23.5 Å². The average Bonchev–Trinajstić information content (AvgIpc) is 2.87. The van der Waals surface area contributed by atoms with Crippen LogP contribution in [0.1, 0.15) is 25.0 Å². The predicted octanol–water partition coefficient (Wildman–Crippen LogP) is 2.65. The number of para-hydroxylation sites is 1. The standard InChI is InChI=1S/C20H21N3O3/c1-3-14-9-7-8-12-16(14)21-17(24)13-23-18(25)20(2,22-19(23)26)15-10-5-4-6-11-15/h4-12H,3,13H2,1-2H3,(H,21,24)(H,22,26)/t20-/m0/s1. The molecule has 0 saturated carbocycles. The Hall–Kier alpha value is -3.15. The van der Waals surface area contributed by atoms with Crippen molar-refractivity contribution in [3.63, 3.8) is 0 Å². The Morgan fingerprint density at radius 1 is 1.08 bits per heavy atom. The minimum atomic E-state index is -1.17. The third-order valence-electron chi connectivity index (χ3n) is 4.60. The Kier molecular flexibility index (Phi) is 4.75. The number of carbonyl (C=O) groups excluding carboxylic acids is 3. The normalized spacial score (nSPS) is 19.4. The number of nitrogens with one attached hydrogen (secondary N) is 2. The van der Waals surface area contributed by atoms with Gasteiger partial charge in [-0.2, -0.15) is 0 Å². The Balaban J connectivity index is 1.75. The minimum absolute atomic E-state index is 0.328. The van der Waals surface area contributed by atoms with Crippen LogP contribution in [-0.2, 0) is 21.5 Å². The summed E-state index contributed by atoms with van der Waals surface area (Å²) in [6, 6.07) is 15.9. The number of nitrogens with zero attached hydrogens (tertiary/aromatic N) is 1. The molecule has 1 aliphatic heterocycles. The van der Waals surface area contributed by atoms with Crippen molar-refractivity contribution in [3.05, 3.63) is 65.7 Å². The van der Waals surface area contributed by atoms with Crippen LogP contribution in [0.2, 0.25) is 0 Å². The highest BCUT2D eigenvalue weighted by atomic mass is 16.2. The molecule has 3 rings (SSSR count). The van der Waals surface area contributed by atoms with Gasteiger partial charge in [-0.1, -0.05) is 55.5 Å². The lowest BCUT2D eigenvalue weighted by atomic mass is 9.92. The van der Waals surface area contributed by atoms with E-state index in [1.165, 1.54) is 0 Å². The van der Waals surface area contributed by atoms with Gasteiger partial charge in [0.2, 0.25) is 5.91 Å². The number of aryl methyl sites for hydroxylation is 1. The van der Waals surface area contributed by atoms with E-state index in [9.17, 15) is 14.4 Å². The Labute approximate surface area is 152 Å². The van der Waals surface area contributed by atoms with Crippen molar-refractivity contribution in [2.45, 2.75) is 25.8 Å². The number of rotatable bonds is 5. The quantitative estimate of drug-likeness (QED) is 0.813. The zero-order valence-electron chi connectivity index (χ0n) is 14.8. The fraction of sp³-hybridized carbons (Fsp3) is 0.250. The summed E-state index contributed by atoms with van der Waals surface area (Å²) in [5.41, 5.74) is 1.20. The molecule has 0 bridgehead atoms. The fourth-order valence-corrected chi connectivity index (χ4v) is 3.09. The molecule has 2 aromatic carbocycles. The van der Waals surface area contributed by atoms with Crippen LogP contribution in [0.5, 0.6) is 0 Å².